The predicted octanol–water partition coefficient (Wildman–Crippen LogP) is 3.03. The van der Waals surface area contributed by atoms with Crippen molar-refractivity contribution in [2.75, 3.05) is 13.7 Å². The molecular weight excluding hydrogens is 258 g/mol. The number of carbonyl (C=O) groups is 1. The number of ether oxygens (including phenoxy) is 1. The van der Waals surface area contributed by atoms with E-state index in [0.29, 0.717) is 6.61 Å². The third-order valence-corrected chi connectivity index (χ3v) is 5.02. The van der Waals surface area contributed by atoms with Crippen molar-refractivity contribution in [3.8, 4) is 0 Å². The molecule has 2 atom stereocenters. The van der Waals surface area contributed by atoms with Gasteiger partial charge < -0.3 is 10.1 Å². The second kappa shape index (κ2) is 6.53. The van der Waals surface area contributed by atoms with Crippen molar-refractivity contribution >= 4 is 17.2 Å². The van der Waals surface area contributed by atoms with Crippen LogP contribution >= 0.6 is 11.3 Å². The van der Waals surface area contributed by atoms with Crippen LogP contribution in [-0.2, 0) is 17.6 Å². The van der Waals surface area contributed by atoms with E-state index in [1.165, 1.54) is 23.3 Å². The van der Waals surface area contributed by atoms with Gasteiger partial charge in [0.2, 0.25) is 0 Å². The SMILES string of the molecule is CC[C@@H]1CCc2sc(C(=O)N[C@H](C)COC)cc2C1. The van der Waals surface area contributed by atoms with Crippen molar-refractivity contribution in [3.05, 3.63) is 21.4 Å². The van der Waals surface area contributed by atoms with Crippen LogP contribution in [0.1, 0.15) is 46.8 Å². The molecule has 0 saturated carbocycles. The van der Waals surface area contributed by atoms with Gasteiger partial charge >= 0.3 is 0 Å². The van der Waals surface area contributed by atoms with Gasteiger partial charge in [0.25, 0.3) is 5.91 Å². The molecule has 0 radical (unpaired) electrons. The molecule has 1 aliphatic carbocycles. The molecule has 1 heterocycles. The average Bonchev–Trinajstić information content (AvgIpc) is 2.81. The fraction of sp³-hybridized carbons (Fsp3) is 0.667. The van der Waals surface area contributed by atoms with E-state index in [1.54, 1.807) is 18.4 Å². The Hall–Kier alpha value is -0.870. The summed E-state index contributed by atoms with van der Waals surface area (Å²) in [6.45, 7) is 4.76. The summed E-state index contributed by atoms with van der Waals surface area (Å²) in [6, 6.07) is 2.15. The van der Waals surface area contributed by atoms with Crippen LogP contribution in [0.15, 0.2) is 6.07 Å². The van der Waals surface area contributed by atoms with E-state index in [4.69, 9.17) is 4.74 Å². The quantitative estimate of drug-likeness (QED) is 0.901. The number of amides is 1. The molecule has 1 N–H and O–H groups in total. The van der Waals surface area contributed by atoms with E-state index in [1.807, 2.05) is 6.92 Å². The Morgan fingerprint density at radius 2 is 2.42 bits per heavy atom. The lowest BCUT2D eigenvalue weighted by atomic mass is 9.87. The summed E-state index contributed by atoms with van der Waals surface area (Å²) >= 11 is 1.66. The molecule has 1 aliphatic rings. The molecule has 0 saturated heterocycles. The van der Waals surface area contributed by atoms with Crippen LogP contribution in [0.5, 0.6) is 0 Å². The number of fused-ring (bicyclic) bond motifs is 1. The van der Waals surface area contributed by atoms with Gasteiger partial charge in [0, 0.05) is 18.0 Å². The molecule has 3 nitrogen and oxygen atoms in total. The van der Waals surface area contributed by atoms with Gasteiger partial charge in [0.15, 0.2) is 0 Å². The highest BCUT2D eigenvalue weighted by Crippen LogP contribution is 2.33. The summed E-state index contributed by atoms with van der Waals surface area (Å²) in [5, 5.41) is 2.98. The van der Waals surface area contributed by atoms with Gasteiger partial charge in [-0.1, -0.05) is 13.3 Å². The minimum atomic E-state index is 0.0389. The molecule has 0 unspecified atom stereocenters. The van der Waals surface area contributed by atoms with E-state index >= 15 is 0 Å². The summed E-state index contributed by atoms with van der Waals surface area (Å²) in [5.74, 6) is 0.836. The Morgan fingerprint density at radius 3 is 3.11 bits per heavy atom. The maximum atomic E-state index is 12.1. The zero-order valence-corrected chi connectivity index (χ0v) is 12.8. The standard InChI is InChI=1S/C15H23NO2S/c1-4-11-5-6-13-12(7-11)8-14(19-13)15(17)16-10(2)9-18-3/h8,10-11H,4-7,9H2,1-3H3,(H,16,17)/t10-,11-/m1/s1. The highest BCUT2D eigenvalue weighted by molar-refractivity contribution is 7.14. The van der Waals surface area contributed by atoms with E-state index in [0.717, 1.165) is 23.6 Å². The van der Waals surface area contributed by atoms with Crippen LogP contribution < -0.4 is 5.32 Å². The topological polar surface area (TPSA) is 38.3 Å². The maximum absolute atomic E-state index is 12.1. The third kappa shape index (κ3) is 3.57. The first-order valence-electron chi connectivity index (χ1n) is 7.05. The zero-order valence-electron chi connectivity index (χ0n) is 12.0. The molecule has 0 fully saturated rings. The largest absolute Gasteiger partial charge is 0.383 e. The predicted molar refractivity (Wildman–Crippen MR) is 78.9 cm³/mol. The van der Waals surface area contributed by atoms with Crippen molar-refractivity contribution < 1.29 is 9.53 Å². The Morgan fingerprint density at radius 1 is 1.63 bits per heavy atom. The molecule has 2 rings (SSSR count). The molecule has 0 aromatic carbocycles. The fourth-order valence-corrected chi connectivity index (χ4v) is 3.76. The summed E-state index contributed by atoms with van der Waals surface area (Å²) in [6.07, 6.45) is 4.79. The first-order valence-corrected chi connectivity index (χ1v) is 7.87. The minimum Gasteiger partial charge on any atom is -0.383 e. The monoisotopic (exact) mass is 281 g/mol. The molecule has 0 bridgehead atoms. The van der Waals surface area contributed by atoms with E-state index < -0.39 is 0 Å². The molecular formula is C15H23NO2S. The van der Waals surface area contributed by atoms with Crippen LogP contribution in [0.4, 0.5) is 0 Å². The second-order valence-electron chi connectivity index (χ2n) is 5.41. The molecule has 19 heavy (non-hydrogen) atoms. The number of hydrogen-bond donors (Lipinski definition) is 1. The minimum absolute atomic E-state index is 0.0389. The molecule has 0 aliphatic heterocycles. The molecule has 1 aromatic rings. The zero-order chi connectivity index (χ0) is 13.8. The maximum Gasteiger partial charge on any atom is 0.261 e. The lowest BCUT2D eigenvalue weighted by Gasteiger charge is -2.19. The van der Waals surface area contributed by atoms with E-state index in [9.17, 15) is 4.79 Å². The second-order valence-corrected chi connectivity index (χ2v) is 6.54. The highest BCUT2D eigenvalue weighted by atomic mass is 32.1. The Balaban J connectivity index is 2.02. The highest BCUT2D eigenvalue weighted by Gasteiger charge is 2.22. The van der Waals surface area contributed by atoms with Gasteiger partial charge in [0.1, 0.15) is 0 Å². The van der Waals surface area contributed by atoms with Gasteiger partial charge in [-0.25, -0.2) is 0 Å². The van der Waals surface area contributed by atoms with Crippen LogP contribution in [0.25, 0.3) is 0 Å². The Labute approximate surface area is 119 Å². The number of nitrogens with one attached hydrogen (secondary N) is 1. The van der Waals surface area contributed by atoms with Gasteiger partial charge in [-0.3, -0.25) is 4.79 Å². The first-order chi connectivity index (χ1) is 9.13. The molecule has 0 spiro atoms. The van der Waals surface area contributed by atoms with E-state index in [2.05, 4.69) is 18.3 Å². The lowest BCUT2D eigenvalue weighted by molar-refractivity contribution is 0.0909. The third-order valence-electron chi connectivity index (χ3n) is 3.78. The van der Waals surface area contributed by atoms with Crippen molar-refractivity contribution in [3.63, 3.8) is 0 Å². The summed E-state index contributed by atoms with van der Waals surface area (Å²) < 4.78 is 5.04. The molecule has 1 aromatic heterocycles. The van der Waals surface area contributed by atoms with E-state index in [-0.39, 0.29) is 11.9 Å². The molecule has 1 amide bonds. The summed E-state index contributed by atoms with van der Waals surface area (Å²) in [5.41, 5.74) is 1.40. The molecule has 106 valence electrons. The van der Waals surface area contributed by atoms with Crippen molar-refractivity contribution in [1.82, 2.24) is 5.32 Å². The van der Waals surface area contributed by atoms with Crippen LogP contribution in [0.2, 0.25) is 0 Å². The number of carbonyl (C=O) groups excluding carboxylic acids is 1. The van der Waals surface area contributed by atoms with Crippen molar-refractivity contribution in [1.29, 1.82) is 0 Å². The molecule has 4 heteroatoms. The number of methoxy groups -OCH3 is 1. The number of thiophene rings is 1. The smallest absolute Gasteiger partial charge is 0.261 e. The number of aryl methyl sites for hydroxylation is 1. The summed E-state index contributed by atoms with van der Waals surface area (Å²) in [7, 11) is 1.65. The van der Waals surface area contributed by atoms with Crippen molar-refractivity contribution in [2.45, 2.75) is 45.6 Å². The van der Waals surface area contributed by atoms with Gasteiger partial charge in [-0.05, 0) is 43.7 Å². The number of hydrogen-bond acceptors (Lipinski definition) is 3. The van der Waals surface area contributed by atoms with Crippen LogP contribution in [0.3, 0.4) is 0 Å². The van der Waals surface area contributed by atoms with Gasteiger partial charge in [-0.15, -0.1) is 11.3 Å². The first kappa shape index (κ1) is 14.5. The van der Waals surface area contributed by atoms with Crippen LogP contribution in [-0.4, -0.2) is 25.7 Å². The lowest BCUT2D eigenvalue weighted by Crippen LogP contribution is -2.35. The van der Waals surface area contributed by atoms with Gasteiger partial charge in [0.05, 0.1) is 11.5 Å². The van der Waals surface area contributed by atoms with Gasteiger partial charge in [-0.2, -0.15) is 0 Å². The average molecular weight is 281 g/mol. The van der Waals surface area contributed by atoms with Crippen LogP contribution in [0, 0.1) is 5.92 Å². The fourth-order valence-electron chi connectivity index (χ4n) is 2.65. The normalized spacial score (nSPS) is 19.8. The Kier molecular flexibility index (Phi) is 4.99. The number of rotatable bonds is 5. The summed E-state index contributed by atoms with van der Waals surface area (Å²) in [4.78, 5) is 14.4. The Bertz CT molecular complexity index is 441. The van der Waals surface area contributed by atoms with Crippen molar-refractivity contribution in [2.24, 2.45) is 5.92 Å².